The monoisotopic (exact) mass is 301 g/mol. The van der Waals surface area contributed by atoms with Crippen molar-refractivity contribution >= 4 is 15.9 Å². The summed E-state index contributed by atoms with van der Waals surface area (Å²) in [5.41, 5.74) is 6.05. The van der Waals surface area contributed by atoms with Gasteiger partial charge in [-0.3, -0.25) is 4.72 Å². The summed E-state index contributed by atoms with van der Waals surface area (Å²) in [5.74, 6) is -0.429. The summed E-state index contributed by atoms with van der Waals surface area (Å²) in [6.07, 6.45) is 2.77. The highest BCUT2D eigenvalue weighted by atomic mass is 32.2. The lowest BCUT2D eigenvalue weighted by molar-refractivity contribution is 0.270. The summed E-state index contributed by atoms with van der Waals surface area (Å²) in [4.78, 5) is 0. The van der Waals surface area contributed by atoms with Crippen molar-refractivity contribution in [1.82, 2.24) is 4.31 Å². The Labute approximate surface area is 119 Å². The quantitative estimate of drug-likeness (QED) is 0.890. The molecule has 1 heterocycles. The second kappa shape index (κ2) is 6.07. The van der Waals surface area contributed by atoms with Crippen LogP contribution in [0.3, 0.4) is 0 Å². The van der Waals surface area contributed by atoms with E-state index in [1.165, 1.54) is 22.5 Å². The Morgan fingerprint density at radius 1 is 1.45 bits per heavy atom. The molecule has 1 unspecified atom stereocenters. The van der Waals surface area contributed by atoms with Crippen LogP contribution in [0.4, 0.5) is 10.1 Å². The highest BCUT2D eigenvalue weighted by Gasteiger charge is 2.29. The van der Waals surface area contributed by atoms with Gasteiger partial charge >= 0.3 is 10.2 Å². The van der Waals surface area contributed by atoms with Gasteiger partial charge in [-0.15, -0.1) is 0 Å². The normalized spacial score (nSPS) is 20.9. The highest BCUT2D eigenvalue weighted by Crippen LogP contribution is 2.22. The molecule has 0 bridgehead atoms. The Kier molecular flexibility index (Phi) is 4.62. The zero-order chi connectivity index (χ0) is 14.8. The maximum Gasteiger partial charge on any atom is 0.301 e. The molecule has 1 aromatic rings. The lowest BCUT2D eigenvalue weighted by Gasteiger charge is -2.32. The van der Waals surface area contributed by atoms with Crippen LogP contribution in [0.25, 0.3) is 0 Å². The van der Waals surface area contributed by atoms with Gasteiger partial charge in [-0.1, -0.05) is 6.42 Å². The smallest absolute Gasteiger partial charge is 0.301 e. The largest absolute Gasteiger partial charge is 0.326 e. The first-order valence-corrected chi connectivity index (χ1v) is 8.16. The molecule has 1 fully saturated rings. The second-order valence-corrected chi connectivity index (χ2v) is 6.70. The van der Waals surface area contributed by atoms with Gasteiger partial charge in [0.15, 0.2) is 0 Å². The number of rotatable bonds is 4. The van der Waals surface area contributed by atoms with Crippen LogP contribution in [0.1, 0.15) is 31.7 Å². The van der Waals surface area contributed by atoms with Gasteiger partial charge in [0.2, 0.25) is 0 Å². The van der Waals surface area contributed by atoms with E-state index >= 15 is 0 Å². The number of nitrogens with zero attached hydrogens (tertiary/aromatic N) is 1. The van der Waals surface area contributed by atoms with Gasteiger partial charge in [0.25, 0.3) is 0 Å². The molecule has 0 saturated carbocycles. The molecule has 2 rings (SSSR count). The van der Waals surface area contributed by atoms with Gasteiger partial charge < -0.3 is 5.73 Å². The Morgan fingerprint density at radius 3 is 2.85 bits per heavy atom. The molecule has 0 radical (unpaired) electrons. The summed E-state index contributed by atoms with van der Waals surface area (Å²) in [5, 5.41) is 0. The number of nitrogens with two attached hydrogens (primary N) is 1. The van der Waals surface area contributed by atoms with Crippen LogP contribution in [-0.2, 0) is 16.8 Å². The maximum absolute atomic E-state index is 13.4. The zero-order valence-electron chi connectivity index (χ0n) is 11.5. The van der Waals surface area contributed by atoms with Crippen LogP contribution >= 0.6 is 0 Å². The molecule has 0 spiro atoms. The first-order chi connectivity index (χ1) is 9.44. The molecule has 112 valence electrons. The van der Waals surface area contributed by atoms with Crippen LogP contribution in [0, 0.1) is 5.82 Å². The molecule has 5 nitrogen and oxygen atoms in total. The van der Waals surface area contributed by atoms with Crippen molar-refractivity contribution in [3.05, 3.63) is 29.6 Å². The fourth-order valence-corrected chi connectivity index (χ4v) is 3.92. The molecule has 20 heavy (non-hydrogen) atoms. The SMILES string of the molecule is CC1CCCCN1S(=O)(=O)Nc1ccc(F)c(CN)c1. The van der Waals surface area contributed by atoms with E-state index in [1.807, 2.05) is 6.92 Å². The molecule has 7 heteroatoms. The van der Waals surface area contributed by atoms with Gasteiger partial charge in [0.1, 0.15) is 5.82 Å². The third kappa shape index (κ3) is 3.28. The summed E-state index contributed by atoms with van der Waals surface area (Å²) >= 11 is 0. The predicted octanol–water partition coefficient (Wildman–Crippen LogP) is 1.82. The Bertz CT molecular complexity index is 577. The number of halogens is 1. The summed E-state index contributed by atoms with van der Waals surface area (Å²) in [6.45, 7) is 2.44. The minimum Gasteiger partial charge on any atom is -0.326 e. The van der Waals surface area contributed by atoms with E-state index in [4.69, 9.17) is 5.73 Å². The summed E-state index contributed by atoms with van der Waals surface area (Å²) in [7, 11) is -3.60. The number of piperidine rings is 1. The first kappa shape index (κ1) is 15.2. The van der Waals surface area contributed by atoms with Crippen LogP contribution in [0.2, 0.25) is 0 Å². The molecular weight excluding hydrogens is 281 g/mol. The number of anilines is 1. The van der Waals surface area contributed by atoms with Crippen LogP contribution in [-0.4, -0.2) is 25.3 Å². The van der Waals surface area contributed by atoms with Crippen molar-refractivity contribution < 1.29 is 12.8 Å². The lowest BCUT2D eigenvalue weighted by atomic mass is 10.1. The van der Waals surface area contributed by atoms with E-state index in [0.717, 1.165) is 19.3 Å². The van der Waals surface area contributed by atoms with E-state index in [0.29, 0.717) is 12.2 Å². The Balaban J connectivity index is 2.19. The van der Waals surface area contributed by atoms with E-state index in [9.17, 15) is 12.8 Å². The van der Waals surface area contributed by atoms with E-state index in [2.05, 4.69) is 4.72 Å². The molecule has 0 aromatic heterocycles. The fourth-order valence-electron chi connectivity index (χ4n) is 2.43. The molecule has 1 saturated heterocycles. The predicted molar refractivity (Wildman–Crippen MR) is 76.9 cm³/mol. The third-order valence-electron chi connectivity index (χ3n) is 3.56. The number of benzene rings is 1. The van der Waals surface area contributed by atoms with Crippen molar-refractivity contribution in [2.45, 2.75) is 38.8 Å². The molecule has 0 aliphatic carbocycles. The molecule has 1 atom stereocenters. The van der Waals surface area contributed by atoms with Crippen LogP contribution in [0.5, 0.6) is 0 Å². The molecule has 1 aliphatic heterocycles. The Hall–Kier alpha value is -1.18. The van der Waals surface area contributed by atoms with Crippen molar-refractivity contribution in [3.63, 3.8) is 0 Å². The van der Waals surface area contributed by atoms with Crippen molar-refractivity contribution in [3.8, 4) is 0 Å². The van der Waals surface area contributed by atoms with E-state index < -0.39 is 16.0 Å². The van der Waals surface area contributed by atoms with Crippen LogP contribution < -0.4 is 10.5 Å². The number of nitrogens with one attached hydrogen (secondary N) is 1. The van der Waals surface area contributed by atoms with Crippen LogP contribution in [0.15, 0.2) is 18.2 Å². The first-order valence-electron chi connectivity index (χ1n) is 6.72. The number of hydrogen-bond donors (Lipinski definition) is 2. The molecular formula is C13H20FN3O2S. The average Bonchev–Trinajstić information content (AvgIpc) is 2.41. The minimum atomic E-state index is -3.60. The Morgan fingerprint density at radius 2 is 2.20 bits per heavy atom. The van der Waals surface area contributed by atoms with Crippen molar-refractivity contribution in [2.24, 2.45) is 5.73 Å². The van der Waals surface area contributed by atoms with Gasteiger partial charge in [-0.05, 0) is 38.0 Å². The third-order valence-corrected chi connectivity index (χ3v) is 5.22. The molecule has 3 N–H and O–H groups in total. The maximum atomic E-state index is 13.4. The zero-order valence-corrected chi connectivity index (χ0v) is 12.3. The summed E-state index contributed by atoms with van der Waals surface area (Å²) in [6, 6.07) is 4.04. The van der Waals surface area contributed by atoms with Gasteiger partial charge in [-0.2, -0.15) is 12.7 Å². The standard InChI is InChI=1S/C13H20FN3O2S/c1-10-4-2-3-7-17(10)20(18,19)16-12-5-6-13(14)11(8-12)9-15/h5-6,8,10,16H,2-4,7,9,15H2,1H3. The van der Waals surface area contributed by atoms with Crippen molar-refractivity contribution in [1.29, 1.82) is 0 Å². The summed E-state index contributed by atoms with van der Waals surface area (Å²) < 4.78 is 42.0. The topological polar surface area (TPSA) is 75.4 Å². The second-order valence-electron chi connectivity index (χ2n) is 5.07. The van der Waals surface area contributed by atoms with E-state index in [-0.39, 0.29) is 18.2 Å². The number of hydrogen-bond acceptors (Lipinski definition) is 3. The van der Waals surface area contributed by atoms with Gasteiger partial charge in [0, 0.05) is 24.7 Å². The molecule has 1 aromatic carbocycles. The van der Waals surface area contributed by atoms with Crippen molar-refractivity contribution in [2.75, 3.05) is 11.3 Å². The lowest BCUT2D eigenvalue weighted by Crippen LogP contribution is -2.44. The highest BCUT2D eigenvalue weighted by molar-refractivity contribution is 7.90. The van der Waals surface area contributed by atoms with Gasteiger partial charge in [0.05, 0.1) is 5.69 Å². The average molecular weight is 301 g/mol. The minimum absolute atomic E-state index is 0.0179. The fraction of sp³-hybridized carbons (Fsp3) is 0.538. The molecule has 0 amide bonds. The van der Waals surface area contributed by atoms with Gasteiger partial charge in [-0.25, -0.2) is 4.39 Å². The molecule has 1 aliphatic rings. The van der Waals surface area contributed by atoms with E-state index in [1.54, 1.807) is 0 Å².